The molecule has 2 aromatic heterocycles. The molecule has 1 aliphatic rings. The van der Waals surface area contributed by atoms with Crippen molar-refractivity contribution in [3.8, 4) is 11.3 Å². The second-order valence-corrected chi connectivity index (χ2v) is 6.93. The minimum absolute atomic E-state index is 0.258. The summed E-state index contributed by atoms with van der Waals surface area (Å²) in [5.41, 5.74) is 8.25. The number of hydrogen-bond donors (Lipinski definition) is 3. The van der Waals surface area contributed by atoms with Gasteiger partial charge in [-0.15, -0.1) is 0 Å². The smallest absolute Gasteiger partial charge is 0.166 e. The van der Waals surface area contributed by atoms with E-state index in [9.17, 15) is 10.2 Å². The summed E-state index contributed by atoms with van der Waals surface area (Å²) < 4.78 is 7.40. The van der Waals surface area contributed by atoms with Gasteiger partial charge in [0.05, 0.1) is 18.1 Å². The molecule has 0 radical (unpaired) electrons. The lowest BCUT2D eigenvalue weighted by molar-refractivity contribution is -0.0469. The third-order valence-corrected chi connectivity index (χ3v) is 5.20. The fourth-order valence-electron chi connectivity index (χ4n) is 3.76. The SMILES string of the molecule is Nc1ncnc2c1c(-c1ccc3ccccc3c1)nn2[C@H]1C[C@H](O)[C@@H](CO)O1. The molecule has 3 atom stereocenters. The molecule has 0 amide bonds. The van der Waals surface area contributed by atoms with Crippen molar-refractivity contribution in [1.29, 1.82) is 0 Å². The van der Waals surface area contributed by atoms with E-state index in [-0.39, 0.29) is 6.61 Å². The third kappa shape index (κ3) is 2.62. The number of aliphatic hydroxyl groups is 2. The zero-order valence-corrected chi connectivity index (χ0v) is 14.9. The van der Waals surface area contributed by atoms with E-state index in [1.807, 2.05) is 30.3 Å². The van der Waals surface area contributed by atoms with Gasteiger partial charge in [0, 0.05) is 12.0 Å². The van der Waals surface area contributed by atoms with Crippen LogP contribution in [0.1, 0.15) is 12.6 Å². The highest BCUT2D eigenvalue weighted by molar-refractivity contribution is 6.00. The molecule has 142 valence electrons. The number of benzene rings is 2. The maximum Gasteiger partial charge on any atom is 0.166 e. The maximum absolute atomic E-state index is 10.1. The van der Waals surface area contributed by atoms with Gasteiger partial charge >= 0.3 is 0 Å². The van der Waals surface area contributed by atoms with E-state index in [0.717, 1.165) is 16.3 Å². The van der Waals surface area contributed by atoms with Crippen LogP contribution < -0.4 is 5.73 Å². The maximum atomic E-state index is 10.1. The molecule has 2 aromatic carbocycles. The second kappa shape index (κ2) is 6.52. The molecule has 4 N–H and O–H groups in total. The van der Waals surface area contributed by atoms with Crippen molar-refractivity contribution >= 4 is 27.6 Å². The standard InChI is InChI=1S/C20H19N5O3/c21-19-17-18(13-6-5-11-3-1-2-4-12(11)7-13)24-25(20(17)23-10-22-19)16-8-14(27)15(9-26)28-16/h1-7,10,14-16,26-27H,8-9H2,(H2,21,22,23)/t14-,15+,16+/m0/s1. The van der Waals surface area contributed by atoms with Gasteiger partial charge in [0.25, 0.3) is 0 Å². The van der Waals surface area contributed by atoms with E-state index in [0.29, 0.717) is 29.0 Å². The topological polar surface area (TPSA) is 119 Å². The Bertz CT molecular complexity index is 1180. The number of fused-ring (bicyclic) bond motifs is 2. The Hall–Kier alpha value is -3.07. The average Bonchev–Trinajstić information content (AvgIpc) is 3.29. The van der Waals surface area contributed by atoms with Crippen LogP contribution in [0, 0.1) is 0 Å². The number of anilines is 1. The van der Waals surface area contributed by atoms with E-state index >= 15 is 0 Å². The van der Waals surface area contributed by atoms with Crippen molar-refractivity contribution < 1.29 is 14.9 Å². The highest BCUT2D eigenvalue weighted by Crippen LogP contribution is 2.36. The molecular weight excluding hydrogens is 358 g/mol. The fourth-order valence-corrected chi connectivity index (χ4v) is 3.76. The molecule has 0 unspecified atom stereocenters. The van der Waals surface area contributed by atoms with Gasteiger partial charge in [-0.2, -0.15) is 5.10 Å². The summed E-state index contributed by atoms with van der Waals surface area (Å²) in [6.07, 6.45) is -0.263. The number of nitrogen functional groups attached to an aromatic ring is 1. The van der Waals surface area contributed by atoms with Crippen LogP contribution in [0.3, 0.4) is 0 Å². The molecule has 28 heavy (non-hydrogen) atoms. The number of ether oxygens (including phenoxy) is 1. The van der Waals surface area contributed by atoms with E-state index < -0.39 is 18.4 Å². The van der Waals surface area contributed by atoms with Crippen LogP contribution in [0.2, 0.25) is 0 Å². The summed E-state index contributed by atoms with van der Waals surface area (Å²) in [6.45, 7) is -0.258. The normalized spacial score (nSPS) is 22.3. The van der Waals surface area contributed by atoms with E-state index in [4.69, 9.17) is 15.6 Å². The molecular formula is C20H19N5O3. The van der Waals surface area contributed by atoms with Crippen LogP contribution in [0.4, 0.5) is 5.82 Å². The Morgan fingerprint density at radius 2 is 1.96 bits per heavy atom. The Balaban J connectivity index is 1.69. The highest BCUT2D eigenvalue weighted by atomic mass is 16.5. The minimum Gasteiger partial charge on any atom is -0.394 e. The van der Waals surface area contributed by atoms with Crippen molar-refractivity contribution in [1.82, 2.24) is 19.7 Å². The summed E-state index contributed by atoms with van der Waals surface area (Å²) in [5.74, 6) is 0.330. The molecule has 0 bridgehead atoms. The average molecular weight is 377 g/mol. The predicted molar refractivity (Wildman–Crippen MR) is 104 cm³/mol. The first-order chi connectivity index (χ1) is 13.7. The molecule has 0 aliphatic carbocycles. The third-order valence-electron chi connectivity index (χ3n) is 5.20. The van der Waals surface area contributed by atoms with Crippen LogP contribution >= 0.6 is 0 Å². The van der Waals surface area contributed by atoms with Gasteiger partial charge in [-0.05, 0) is 16.8 Å². The lowest BCUT2D eigenvalue weighted by Gasteiger charge is -2.12. The number of aromatic nitrogens is 4. The zero-order valence-electron chi connectivity index (χ0n) is 14.9. The summed E-state index contributed by atoms with van der Waals surface area (Å²) in [4.78, 5) is 8.48. The van der Waals surface area contributed by atoms with E-state index in [1.54, 1.807) is 4.68 Å². The number of nitrogens with two attached hydrogens (primary N) is 1. The quantitative estimate of drug-likeness (QED) is 0.498. The number of nitrogens with zero attached hydrogens (tertiary/aromatic N) is 4. The Morgan fingerprint density at radius 3 is 2.75 bits per heavy atom. The number of aliphatic hydroxyl groups excluding tert-OH is 2. The monoisotopic (exact) mass is 377 g/mol. The number of rotatable bonds is 3. The highest BCUT2D eigenvalue weighted by Gasteiger charge is 2.36. The summed E-state index contributed by atoms with van der Waals surface area (Å²) in [6, 6.07) is 14.2. The lowest BCUT2D eigenvalue weighted by atomic mass is 10.0. The minimum atomic E-state index is -0.766. The van der Waals surface area contributed by atoms with E-state index in [1.165, 1.54) is 6.33 Å². The van der Waals surface area contributed by atoms with Crippen molar-refractivity contribution in [3.05, 3.63) is 48.8 Å². The molecule has 1 saturated heterocycles. The summed E-state index contributed by atoms with van der Waals surface area (Å²) in [5, 5.41) is 27.1. The first-order valence-corrected chi connectivity index (χ1v) is 9.08. The summed E-state index contributed by atoms with van der Waals surface area (Å²) in [7, 11) is 0. The molecule has 8 nitrogen and oxygen atoms in total. The zero-order chi connectivity index (χ0) is 19.3. The van der Waals surface area contributed by atoms with Crippen molar-refractivity contribution in [3.63, 3.8) is 0 Å². The molecule has 8 heteroatoms. The van der Waals surface area contributed by atoms with Crippen molar-refractivity contribution in [2.24, 2.45) is 0 Å². The van der Waals surface area contributed by atoms with Crippen LogP contribution in [-0.2, 0) is 4.74 Å². The van der Waals surface area contributed by atoms with E-state index in [2.05, 4.69) is 22.1 Å². The molecule has 4 aromatic rings. The van der Waals surface area contributed by atoms with Crippen LogP contribution in [0.15, 0.2) is 48.8 Å². The Labute approximate surface area is 160 Å². The van der Waals surface area contributed by atoms with Gasteiger partial charge in [-0.3, -0.25) is 0 Å². The van der Waals surface area contributed by atoms with Gasteiger partial charge in [0.2, 0.25) is 0 Å². The van der Waals surface area contributed by atoms with Crippen LogP contribution in [0.25, 0.3) is 33.1 Å². The largest absolute Gasteiger partial charge is 0.394 e. The molecule has 1 aliphatic heterocycles. The van der Waals surface area contributed by atoms with Gasteiger partial charge < -0.3 is 20.7 Å². The van der Waals surface area contributed by atoms with Crippen molar-refractivity contribution in [2.45, 2.75) is 24.9 Å². The van der Waals surface area contributed by atoms with Crippen LogP contribution in [0.5, 0.6) is 0 Å². The van der Waals surface area contributed by atoms with Gasteiger partial charge in [0.15, 0.2) is 11.9 Å². The summed E-state index contributed by atoms with van der Waals surface area (Å²) >= 11 is 0. The molecule has 0 saturated carbocycles. The molecule has 3 heterocycles. The van der Waals surface area contributed by atoms with Crippen molar-refractivity contribution in [2.75, 3.05) is 12.3 Å². The molecule has 0 spiro atoms. The first-order valence-electron chi connectivity index (χ1n) is 9.08. The second-order valence-electron chi connectivity index (χ2n) is 6.93. The lowest BCUT2D eigenvalue weighted by Crippen LogP contribution is -2.24. The Morgan fingerprint density at radius 1 is 1.14 bits per heavy atom. The predicted octanol–water partition coefficient (Wildman–Crippen LogP) is 1.87. The molecule has 1 fully saturated rings. The fraction of sp³-hybridized carbons (Fsp3) is 0.250. The number of hydrogen-bond acceptors (Lipinski definition) is 7. The van der Waals surface area contributed by atoms with Gasteiger partial charge in [0.1, 0.15) is 23.9 Å². The van der Waals surface area contributed by atoms with Gasteiger partial charge in [-0.25, -0.2) is 14.6 Å². The first kappa shape index (κ1) is 17.1. The Kier molecular flexibility index (Phi) is 3.97. The molecule has 5 rings (SSSR count). The van der Waals surface area contributed by atoms with Gasteiger partial charge in [-0.1, -0.05) is 36.4 Å². The van der Waals surface area contributed by atoms with Crippen LogP contribution in [-0.4, -0.2) is 48.8 Å².